The Morgan fingerprint density at radius 2 is 1.93 bits per heavy atom. The van der Waals surface area contributed by atoms with Gasteiger partial charge >= 0.3 is 13.8 Å². The molecule has 0 saturated carbocycles. The van der Waals surface area contributed by atoms with E-state index in [1.807, 2.05) is 0 Å². The van der Waals surface area contributed by atoms with Gasteiger partial charge in [-0.2, -0.15) is 23.3 Å². The van der Waals surface area contributed by atoms with E-state index in [4.69, 9.17) is 13.8 Å². The van der Waals surface area contributed by atoms with Crippen molar-refractivity contribution in [3.05, 3.63) is 71.7 Å². The van der Waals surface area contributed by atoms with Crippen LogP contribution in [0.3, 0.4) is 0 Å². The Morgan fingerprint density at radius 1 is 1.13 bits per heavy atom. The van der Waals surface area contributed by atoms with Crippen molar-refractivity contribution in [3.63, 3.8) is 0 Å². The summed E-state index contributed by atoms with van der Waals surface area (Å²) in [4.78, 5) is 20.9. The number of amides is 1. The van der Waals surface area contributed by atoms with E-state index in [-0.39, 0.29) is 36.6 Å². The lowest BCUT2D eigenvalue weighted by atomic mass is 10.0. The van der Waals surface area contributed by atoms with E-state index in [1.54, 1.807) is 54.3 Å². The van der Waals surface area contributed by atoms with E-state index in [1.165, 1.54) is 20.2 Å². The van der Waals surface area contributed by atoms with E-state index in [2.05, 4.69) is 31.0 Å². The summed E-state index contributed by atoms with van der Waals surface area (Å²) in [6.45, 7) is 2.49. The summed E-state index contributed by atoms with van der Waals surface area (Å²) < 4.78 is 74.2. The molecule has 45 heavy (non-hydrogen) atoms. The van der Waals surface area contributed by atoms with Crippen molar-refractivity contribution in [1.29, 1.82) is 0 Å². The number of benzene rings is 2. The minimum atomic E-state index is -4.80. The molecule has 0 saturated heterocycles. The van der Waals surface area contributed by atoms with Crippen LogP contribution in [0, 0.1) is 0 Å². The Morgan fingerprint density at radius 3 is 2.67 bits per heavy atom. The predicted molar refractivity (Wildman–Crippen MR) is 161 cm³/mol. The highest BCUT2D eigenvalue weighted by Crippen LogP contribution is 2.52. The first kappa shape index (κ1) is 31.9. The van der Waals surface area contributed by atoms with Crippen molar-refractivity contribution < 1.29 is 36.3 Å². The molecule has 12 nitrogen and oxygen atoms in total. The van der Waals surface area contributed by atoms with Gasteiger partial charge in [0.2, 0.25) is 5.95 Å². The quantitative estimate of drug-likeness (QED) is 0.215. The van der Waals surface area contributed by atoms with Gasteiger partial charge in [-0.15, -0.1) is 0 Å². The fourth-order valence-corrected chi connectivity index (χ4v) is 6.40. The number of nitrogens with zero attached hydrogens (tertiary/aromatic N) is 4. The molecule has 4 aliphatic rings. The number of anilines is 4. The molecule has 2 aromatic heterocycles. The van der Waals surface area contributed by atoms with Gasteiger partial charge in [0.05, 0.1) is 49.6 Å². The highest BCUT2D eigenvalue weighted by atomic mass is 31.2. The Balaban J connectivity index is 1.62. The van der Waals surface area contributed by atoms with Gasteiger partial charge in [-0.25, -0.2) is 4.98 Å². The second kappa shape index (κ2) is 13.3. The second-order valence-corrected chi connectivity index (χ2v) is 12.0. The van der Waals surface area contributed by atoms with Gasteiger partial charge in [0.1, 0.15) is 17.1 Å². The normalized spacial score (nSPS) is 17.0. The molecule has 8 bridgehead atoms. The van der Waals surface area contributed by atoms with Crippen LogP contribution in [0.15, 0.2) is 55.0 Å². The summed E-state index contributed by atoms with van der Waals surface area (Å²) in [6, 6.07) is 9.59. The van der Waals surface area contributed by atoms with Crippen molar-refractivity contribution in [2.45, 2.75) is 32.2 Å². The fraction of sp³-hybridized carbons (Fsp3) is 0.310. The molecule has 4 aromatic rings. The number of alkyl halides is 3. The second-order valence-electron chi connectivity index (χ2n) is 9.94. The summed E-state index contributed by atoms with van der Waals surface area (Å²) in [6.07, 6.45) is -0.327. The van der Waals surface area contributed by atoms with Crippen LogP contribution >= 0.6 is 7.60 Å². The van der Waals surface area contributed by atoms with Gasteiger partial charge in [-0.3, -0.25) is 14.0 Å². The number of aromatic nitrogens is 4. The Bertz CT molecular complexity index is 1750. The maximum absolute atomic E-state index is 14.1. The summed E-state index contributed by atoms with van der Waals surface area (Å²) in [5.74, 6) is -0.976. The zero-order chi connectivity index (χ0) is 32.2. The van der Waals surface area contributed by atoms with Crippen LogP contribution in [-0.2, 0) is 32.5 Å². The van der Waals surface area contributed by atoms with Crippen molar-refractivity contribution in [1.82, 2.24) is 25.1 Å². The third kappa shape index (κ3) is 7.44. The SMILES string of the molecule is CCO[P@]1(=O)Cc2ccc(c(OC)c2)Nc2ncc(C(F)(F)F)c(n2)Nc2ccc(cc2C(=O)NC)-c2cnn(c2)CCCO1. The number of halogens is 3. The number of aryl methyl sites for hydroxylation is 1. The first-order valence-electron chi connectivity index (χ1n) is 13.9. The minimum absolute atomic E-state index is 0.0302. The molecule has 238 valence electrons. The smallest absolute Gasteiger partial charge is 0.421 e. The molecule has 0 aliphatic carbocycles. The first-order valence-corrected chi connectivity index (χ1v) is 15.7. The molecule has 2 aromatic carbocycles. The summed E-state index contributed by atoms with van der Waals surface area (Å²) in [7, 11) is -0.704. The third-order valence-electron chi connectivity index (χ3n) is 6.84. The Kier molecular flexibility index (Phi) is 9.42. The van der Waals surface area contributed by atoms with Crippen molar-refractivity contribution in [2.75, 3.05) is 38.0 Å². The molecule has 1 amide bonds. The minimum Gasteiger partial charge on any atom is -0.495 e. The standard InChI is InChI=1S/C29H31F3N7O5P/c1-4-43-45(41)17-18-6-8-24(25(12-18)42-3)37-28-34-15-22(29(30,31)32)26(38-28)36-23-9-7-19(13-21(23)27(40)33-2)20-14-35-39(16-20)10-5-11-44-45/h6-9,12-16H,4-5,10-11,17H2,1-3H3,(H,33,40)(H2,34,36,37,38)/t45-/m1/s1. The van der Waals surface area contributed by atoms with Crippen molar-refractivity contribution >= 4 is 36.6 Å². The zero-order valence-electron chi connectivity index (χ0n) is 24.6. The van der Waals surface area contributed by atoms with E-state index < -0.39 is 31.1 Å². The summed E-state index contributed by atoms with van der Waals surface area (Å²) in [5.41, 5.74) is 1.27. The van der Waals surface area contributed by atoms with E-state index >= 15 is 0 Å². The summed E-state index contributed by atoms with van der Waals surface area (Å²) >= 11 is 0. The molecule has 0 fully saturated rings. The lowest BCUT2D eigenvalue weighted by Crippen LogP contribution is -2.20. The molecule has 8 rings (SSSR count). The molecular weight excluding hydrogens is 614 g/mol. The van der Waals surface area contributed by atoms with Crippen LogP contribution in [0.25, 0.3) is 11.1 Å². The molecule has 0 radical (unpaired) electrons. The van der Waals surface area contributed by atoms with Crippen LogP contribution in [0.1, 0.15) is 34.8 Å². The number of hydrogen-bond acceptors (Lipinski definition) is 10. The maximum Gasteiger partial charge on any atom is 0.421 e. The van der Waals surface area contributed by atoms with Gasteiger partial charge in [-0.1, -0.05) is 12.1 Å². The average molecular weight is 646 g/mol. The van der Waals surface area contributed by atoms with Crippen LogP contribution in [0.2, 0.25) is 0 Å². The third-order valence-corrected chi connectivity index (χ3v) is 8.82. The molecular formula is C29H31F3N7O5P. The first-order chi connectivity index (χ1) is 21.5. The van der Waals surface area contributed by atoms with E-state index in [9.17, 15) is 22.5 Å². The molecule has 6 heterocycles. The number of ether oxygens (including phenoxy) is 1. The lowest BCUT2D eigenvalue weighted by molar-refractivity contribution is -0.137. The van der Waals surface area contributed by atoms with Gasteiger partial charge < -0.3 is 29.7 Å². The maximum atomic E-state index is 14.1. The highest BCUT2D eigenvalue weighted by molar-refractivity contribution is 7.53. The molecule has 0 spiro atoms. The van der Waals surface area contributed by atoms with Gasteiger partial charge in [0.15, 0.2) is 0 Å². The fourth-order valence-electron chi connectivity index (χ4n) is 4.70. The number of carbonyl (C=O) groups excluding carboxylic acids is 1. The van der Waals surface area contributed by atoms with Crippen molar-refractivity contribution in [2.24, 2.45) is 0 Å². The predicted octanol–water partition coefficient (Wildman–Crippen LogP) is 6.36. The van der Waals surface area contributed by atoms with Crippen LogP contribution in [-0.4, -0.2) is 53.0 Å². The topological polar surface area (TPSA) is 142 Å². The highest BCUT2D eigenvalue weighted by Gasteiger charge is 2.36. The number of carbonyl (C=O) groups is 1. The van der Waals surface area contributed by atoms with Gasteiger partial charge in [0.25, 0.3) is 5.91 Å². The van der Waals surface area contributed by atoms with Crippen molar-refractivity contribution in [3.8, 4) is 16.9 Å². The van der Waals surface area contributed by atoms with E-state index in [0.29, 0.717) is 47.3 Å². The molecule has 1 atom stereocenters. The van der Waals surface area contributed by atoms with Gasteiger partial charge in [-0.05, 0) is 48.7 Å². The Labute approximate surface area is 256 Å². The van der Waals surface area contributed by atoms with E-state index in [0.717, 1.165) is 0 Å². The molecule has 3 N–H and O–H groups in total. The number of hydrogen-bond donors (Lipinski definition) is 3. The Hall–Kier alpha value is -4.46. The monoisotopic (exact) mass is 645 g/mol. The number of methoxy groups -OCH3 is 1. The van der Waals surface area contributed by atoms with Crippen LogP contribution in [0.5, 0.6) is 5.75 Å². The van der Waals surface area contributed by atoms with Crippen LogP contribution < -0.4 is 20.7 Å². The van der Waals surface area contributed by atoms with Crippen LogP contribution in [0.4, 0.5) is 36.3 Å². The number of rotatable bonds is 4. The molecule has 0 unspecified atom stereocenters. The lowest BCUT2D eigenvalue weighted by Gasteiger charge is -2.19. The number of nitrogens with one attached hydrogen (secondary N) is 3. The molecule has 4 aliphatic heterocycles. The average Bonchev–Trinajstić information content (AvgIpc) is 3.48. The zero-order valence-corrected chi connectivity index (χ0v) is 25.5. The largest absolute Gasteiger partial charge is 0.495 e. The summed E-state index contributed by atoms with van der Waals surface area (Å²) in [5, 5.41) is 12.5. The van der Waals surface area contributed by atoms with Gasteiger partial charge in [0, 0.05) is 31.5 Å². The molecule has 16 heteroatoms.